The van der Waals surface area contributed by atoms with Gasteiger partial charge in [-0.1, -0.05) is 6.42 Å². The van der Waals surface area contributed by atoms with Gasteiger partial charge in [0.25, 0.3) is 0 Å². The lowest BCUT2D eigenvalue weighted by molar-refractivity contribution is 0.0733. The average molecular weight is 205 g/mol. The van der Waals surface area contributed by atoms with Crippen LogP contribution in [-0.2, 0) is 0 Å². The zero-order valence-electron chi connectivity index (χ0n) is 9.67. The Morgan fingerprint density at radius 2 is 1.73 bits per heavy atom. The fraction of sp³-hybridized carbons (Fsp3) is 1.00. The highest BCUT2D eigenvalue weighted by atomic mass is 15.0. The molecule has 84 valence electrons. The van der Waals surface area contributed by atoms with Gasteiger partial charge in [0, 0.05) is 12.6 Å². The summed E-state index contributed by atoms with van der Waals surface area (Å²) in [5.74, 6) is 3.43. The zero-order chi connectivity index (χ0) is 9.88. The van der Waals surface area contributed by atoms with Crippen LogP contribution in [-0.4, -0.2) is 12.6 Å². The molecule has 0 heterocycles. The van der Waals surface area contributed by atoms with Crippen molar-refractivity contribution >= 4 is 0 Å². The van der Waals surface area contributed by atoms with Crippen molar-refractivity contribution in [2.75, 3.05) is 6.54 Å². The molecule has 2 unspecified atom stereocenters. The molecule has 1 heteroatoms. The standard InChI is InChI=1S/C14H23N/c1-2-12(3-1)14(9-15-13-4-5-13)7-10-6-11(10)8-14/h10-13,15H,1-9H2. The predicted octanol–water partition coefficient (Wildman–Crippen LogP) is 2.95. The molecule has 4 rings (SSSR count). The smallest absolute Gasteiger partial charge is 0.00684 e. The molecule has 0 aromatic rings. The molecule has 4 aliphatic carbocycles. The fourth-order valence-corrected chi connectivity index (χ4v) is 4.22. The Labute approximate surface area is 93.0 Å². The molecule has 4 aliphatic rings. The Morgan fingerprint density at radius 1 is 1.00 bits per heavy atom. The van der Waals surface area contributed by atoms with E-state index in [-0.39, 0.29) is 0 Å². The molecule has 0 amide bonds. The minimum Gasteiger partial charge on any atom is -0.313 e. The molecule has 0 aliphatic heterocycles. The van der Waals surface area contributed by atoms with E-state index < -0.39 is 0 Å². The first-order valence-corrected chi connectivity index (χ1v) is 7.09. The summed E-state index contributed by atoms with van der Waals surface area (Å²) < 4.78 is 0. The van der Waals surface area contributed by atoms with Crippen LogP contribution in [0.15, 0.2) is 0 Å². The molecule has 15 heavy (non-hydrogen) atoms. The first kappa shape index (κ1) is 9.04. The van der Waals surface area contributed by atoms with Gasteiger partial charge in [0.15, 0.2) is 0 Å². The van der Waals surface area contributed by atoms with Crippen molar-refractivity contribution in [2.24, 2.45) is 23.2 Å². The lowest BCUT2D eigenvalue weighted by Crippen LogP contribution is -2.43. The Hall–Kier alpha value is -0.0400. The van der Waals surface area contributed by atoms with Crippen LogP contribution in [0.3, 0.4) is 0 Å². The van der Waals surface area contributed by atoms with Gasteiger partial charge in [0.2, 0.25) is 0 Å². The van der Waals surface area contributed by atoms with E-state index in [1.807, 2.05) is 0 Å². The first-order valence-electron chi connectivity index (χ1n) is 7.09. The van der Waals surface area contributed by atoms with Gasteiger partial charge in [-0.2, -0.15) is 0 Å². The van der Waals surface area contributed by atoms with Gasteiger partial charge in [-0.25, -0.2) is 0 Å². The third-order valence-electron chi connectivity index (χ3n) is 5.70. The topological polar surface area (TPSA) is 12.0 Å². The minimum absolute atomic E-state index is 0.772. The molecule has 4 fully saturated rings. The maximum Gasteiger partial charge on any atom is 0.00684 e. The van der Waals surface area contributed by atoms with Crippen LogP contribution in [0.4, 0.5) is 0 Å². The summed E-state index contributed by atoms with van der Waals surface area (Å²) in [5.41, 5.74) is 0.772. The van der Waals surface area contributed by atoms with E-state index in [9.17, 15) is 0 Å². The van der Waals surface area contributed by atoms with Crippen molar-refractivity contribution in [3.63, 3.8) is 0 Å². The second kappa shape index (κ2) is 3.00. The van der Waals surface area contributed by atoms with Crippen LogP contribution in [0, 0.1) is 23.2 Å². The monoisotopic (exact) mass is 205 g/mol. The maximum absolute atomic E-state index is 3.83. The Balaban J connectivity index is 1.45. The minimum atomic E-state index is 0.772. The second-order valence-electron chi connectivity index (χ2n) is 6.81. The summed E-state index contributed by atoms with van der Waals surface area (Å²) in [7, 11) is 0. The van der Waals surface area contributed by atoms with E-state index in [1.54, 1.807) is 32.1 Å². The van der Waals surface area contributed by atoms with Gasteiger partial charge in [-0.3, -0.25) is 0 Å². The zero-order valence-corrected chi connectivity index (χ0v) is 9.67. The van der Waals surface area contributed by atoms with Gasteiger partial charge >= 0.3 is 0 Å². The van der Waals surface area contributed by atoms with Crippen LogP contribution in [0.5, 0.6) is 0 Å². The lowest BCUT2D eigenvalue weighted by atomic mass is 9.63. The van der Waals surface area contributed by atoms with Crippen molar-refractivity contribution in [1.82, 2.24) is 5.32 Å². The van der Waals surface area contributed by atoms with E-state index in [2.05, 4.69) is 5.32 Å². The van der Waals surface area contributed by atoms with Crippen molar-refractivity contribution in [2.45, 2.75) is 57.4 Å². The van der Waals surface area contributed by atoms with Crippen LogP contribution < -0.4 is 5.32 Å². The quantitative estimate of drug-likeness (QED) is 0.744. The average Bonchev–Trinajstić information content (AvgIpc) is 3.01. The molecule has 0 aromatic carbocycles. The molecule has 0 bridgehead atoms. The van der Waals surface area contributed by atoms with Gasteiger partial charge in [-0.05, 0) is 68.1 Å². The highest BCUT2D eigenvalue weighted by Crippen LogP contribution is 2.64. The predicted molar refractivity (Wildman–Crippen MR) is 61.6 cm³/mol. The molecule has 2 atom stereocenters. The fourth-order valence-electron chi connectivity index (χ4n) is 4.22. The SMILES string of the molecule is C1CC(C2(CNC3CC3)CC3CC3C2)C1. The van der Waals surface area contributed by atoms with Crippen LogP contribution in [0.2, 0.25) is 0 Å². The number of hydrogen-bond donors (Lipinski definition) is 1. The van der Waals surface area contributed by atoms with Gasteiger partial charge < -0.3 is 5.32 Å². The number of nitrogens with one attached hydrogen (secondary N) is 1. The number of fused-ring (bicyclic) bond motifs is 1. The molecule has 0 radical (unpaired) electrons. The van der Waals surface area contributed by atoms with Crippen molar-refractivity contribution < 1.29 is 0 Å². The number of hydrogen-bond acceptors (Lipinski definition) is 1. The molecular formula is C14H23N. The summed E-state index contributed by atoms with van der Waals surface area (Å²) in [6.45, 7) is 1.37. The van der Waals surface area contributed by atoms with Crippen molar-refractivity contribution in [1.29, 1.82) is 0 Å². The van der Waals surface area contributed by atoms with Gasteiger partial charge in [0.05, 0.1) is 0 Å². The molecule has 0 aromatic heterocycles. The Bertz CT molecular complexity index is 255. The number of rotatable bonds is 4. The van der Waals surface area contributed by atoms with E-state index in [1.165, 1.54) is 25.8 Å². The van der Waals surface area contributed by atoms with E-state index >= 15 is 0 Å². The Morgan fingerprint density at radius 3 is 2.27 bits per heavy atom. The second-order valence-corrected chi connectivity index (χ2v) is 6.81. The van der Waals surface area contributed by atoms with E-state index in [4.69, 9.17) is 0 Å². The maximum atomic E-state index is 3.83. The summed E-state index contributed by atoms with van der Waals surface area (Å²) in [6.07, 6.45) is 12.3. The van der Waals surface area contributed by atoms with Crippen LogP contribution >= 0.6 is 0 Å². The third kappa shape index (κ3) is 1.46. The molecule has 4 saturated carbocycles. The third-order valence-corrected chi connectivity index (χ3v) is 5.70. The highest BCUT2D eigenvalue weighted by molar-refractivity contribution is 5.08. The molecule has 1 N–H and O–H groups in total. The van der Waals surface area contributed by atoms with Crippen molar-refractivity contribution in [3.8, 4) is 0 Å². The highest BCUT2D eigenvalue weighted by Gasteiger charge is 2.57. The molecule has 0 spiro atoms. The normalized spacial score (nSPS) is 48.8. The van der Waals surface area contributed by atoms with E-state index in [0.29, 0.717) is 0 Å². The van der Waals surface area contributed by atoms with Crippen LogP contribution in [0.25, 0.3) is 0 Å². The summed E-state index contributed by atoms with van der Waals surface area (Å²) in [6, 6.07) is 0.916. The largest absolute Gasteiger partial charge is 0.313 e. The molecule has 1 nitrogen and oxygen atoms in total. The van der Waals surface area contributed by atoms with E-state index in [0.717, 1.165) is 29.2 Å². The molecule has 0 saturated heterocycles. The molecular weight excluding hydrogens is 182 g/mol. The van der Waals surface area contributed by atoms with Crippen molar-refractivity contribution in [3.05, 3.63) is 0 Å². The summed E-state index contributed by atoms with van der Waals surface area (Å²) in [5, 5.41) is 3.83. The van der Waals surface area contributed by atoms with Gasteiger partial charge in [0.1, 0.15) is 0 Å². The summed E-state index contributed by atoms with van der Waals surface area (Å²) >= 11 is 0. The first-order chi connectivity index (χ1) is 7.36. The Kier molecular flexibility index (Phi) is 1.81. The van der Waals surface area contributed by atoms with Crippen LogP contribution in [0.1, 0.15) is 51.4 Å². The summed E-state index contributed by atoms with van der Waals surface area (Å²) in [4.78, 5) is 0. The van der Waals surface area contributed by atoms with Gasteiger partial charge in [-0.15, -0.1) is 0 Å². The lowest BCUT2D eigenvalue weighted by Gasteiger charge is -2.44.